The first-order valence-electron chi connectivity index (χ1n) is 6.59. The van der Waals surface area contributed by atoms with E-state index in [1.807, 2.05) is 13.0 Å². The Kier molecular flexibility index (Phi) is 5.27. The maximum Gasteiger partial charge on any atom is 0.131 e. The number of hydrogen-bond acceptors (Lipinski definition) is 5. The smallest absolute Gasteiger partial charge is 0.131 e. The van der Waals surface area contributed by atoms with E-state index in [2.05, 4.69) is 41.4 Å². The lowest BCUT2D eigenvalue weighted by Gasteiger charge is -2.19. The zero-order valence-corrected chi connectivity index (χ0v) is 12.5. The monoisotopic (exact) mass is 264 g/mol. The molecule has 0 radical (unpaired) electrons. The fraction of sp³-hybridized carbons (Fsp3) is 0.643. The van der Waals surface area contributed by atoms with Crippen LogP contribution >= 0.6 is 0 Å². The summed E-state index contributed by atoms with van der Waals surface area (Å²) in [6.45, 7) is 11.4. The van der Waals surface area contributed by atoms with Crippen molar-refractivity contribution >= 4 is 17.4 Å². The van der Waals surface area contributed by atoms with Crippen LogP contribution in [0.4, 0.5) is 11.6 Å². The molecule has 2 N–H and O–H groups in total. The van der Waals surface area contributed by atoms with Crippen LogP contribution in [-0.2, 0) is 4.79 Å². The number of anilines is 2. The Morgan fingerprint density at radius 3 is 2.32 bits per heavy atom. The van der Waals surface area contributed by atoms with Crippen LogP contribution in [0, 0.1) is 12.3 Å². The van der Waals surface area contributed by atoms with Crippen molar-refractivity contribution in [3.05, 3.63) is 11.9 Å². The van der Waals surface area contributed by atoms with Gasteiger partial charge in [0, 0.05) is 25.6 Å². The topological polar surface area (TPSA) is 66.9 Å². The predicted molar refractivity (Wildman–Crippen MR) is 78.5 cm³/mol. The van der Waals surface area contributed by atoms with Crippen molar-refractivity contribution in [3.8, 4) is 0 Å². The minimum absolute atomic E-state index is 0.171. The van der Waals surface area contributed by atoms with Crippen molar-refractivity contribution in [1.82, 2.24) is 9.97 Å². The summed E-state index contributed by atoms with van der Waals surface area (Å²) < 4.78 is 0. The average molecular weight is 264 g/mol. The zero-order chi connectivity index (χ0) is 14.5. The minimum atomic E-state index is 0.171. The molecule has 0 atom stereocenters. The number of carbonyl (C=O) groups excluding carboxylic acids is 1. The van der Waals surface area contributed by atoms with Gasteiger partial charge in [0.1, 0.15) is 23.2 Å². The van der Waals surface area contributed by atoms with E-state index in [1.165, 1.54) is 0 Å². The Morgan fingerprint density at radius 1 is 1.21 bits per heavy atom. The zero-order valence-electron chi connectivity index (χ0n) is 12.5. The van der Waals surface area contributed by atoms with E-state index in [0.29, 0.717) is 18.8 Å². The molecule has 1 aromatic heterocycles. The normalized spacial score (nSPS) is 11.2. The third kappa shape index (κ3) is 6.74. The van der Waals surface area contributed by atoms with Crippen LogP contribution in [0.2, 0.25) is 0 Å². The first-order chi connectivity index (χ1) is 8.76. The maximum atomic E-state index is 10.9. The lowest BCUT2D eigenvalue weighted by atomic mass is 9.97. The molecule has 0 aliphatic carbocycles. The summed E-state index contributed by atoms with van der Waals surface area (Å²) in [6.07, 6.45) is 0.508. The van der Waals surface area contributed by atoms with Crippen molar-refractivity contribution in [3.63, 3.8) is 0 Å². The summed E-state index contributed by atoms with van der Waals surface area (Å²) in [5.41, 5.74) is 0.196. The van der Waals surface area contributed by atoms with E-state index < -0.39 is 0 Å². The molecule has 0 fully saturated rings. The lowest BCUT2D eigenvalue weighted by molar-refractivity contribution is -0.116. The molecular weight excluding hydrogens is 240 g/mol. The standard InChI is InChI=1S/C14H24N4O/c1-10(19)6-7-15-12-8-13(18-11(2)17-12)16-9-14(3,4)5/h8H,6-7,9H2,1-5H3,(H2,15,16,17,18). The van der Waals surface area contributed by atoms with E-state index in [4.69, 9.17) is 0 Å². The molecule has 1 rings (SSSR count). The van der Waals surface area contributed by atoms with Gasteiger partial charge in [0.2, 0.25) is 0 Å². The molecule has 0 saturated heterocycles. The van der Waals surface area contributed by atoms with Crippen LogP contribution in [0.3, 0.4) is 0 Å². The summed E-state index contributed by atoms with van der Waals surface area (Å²) in [4.78, 5) is 19.5. The molecule has 106 valence electrons. The Balaban J connectivity index is 2.63. The molecule has 1 heterocycles. The fourth-order valence-electron chi connectivity index (χ4n) is 1.47. The van der Waals surface area contributed by atoms with Gasteiger partial charge in [-0.15, -0.1) is 0 Å². The Morgan fingerprint density at radius 2 is 1.79 bits per heavy atom. The van der Waals surface area contributed by atoms with E-state index >= 15 is 0 Å². The molecule has 19 heavy (non-hydrogen) atoms. The molecule has 0 aliphatic heterocycles. The number of ketones is 1. The van der Waals surface area contributed by atoms with Gasteiger partial charge in [0.15, 0.2) is 0 Å². The predicted octanol–water partition coefficient (Wildman–Crippen LogP) is 2.63. The van der Waals surface area contributed by atoms with Crippen LogP contribution in [0.5, 0.6) is 0 Å². The van der Waals surface area contributed by atoms with Gasteiger partial charge in [0.05, 0.1) is 0 Å². The second-order valence-corrected chi connectivity index (χ2v) is 5.98. The molecule has 5 nitrogen and oxygen atoms in total. The lowest BCUT2D eigenvalue weighted by Crippen LogP contribution is -2.20. The molecule has 0 spiro atoms. The van der Waals surface area contributed by atoms with Gasteiger partial charge in [-0.3, -0.25) is 4.79 Å². The van der Waals surface area contributed by atoms with Crippen molar-refractivity contribution in [2.45, 2.75) is 41.0 Å². The first-order valence-corrected chi connectivity index (χ1v) is 6.59. The van der Waals surface area contributed by atoms with Crippen molar-refractivity contribution in [2.75, 3.05) is 23.7 Å². The molecule has 1 aromatic rings. The van der Waals surface area contributed by atoms with E-state index in [9.17, 15) is 4.79 Å². The average Bonchev–Trinajstić information content (AvgIpc) is 2.24. The fourth-order valence-corrected chi connectivity index (χ4v) is 1.47. The van der Waals surface area contributed by atoms with Crippen LogP contribution in [0.1, 0.15) is 39.9 Å². The number of aryl methyl sites for hydroxylation is 1. The van der Waals surface area contributed by atoms with Crippen molar-refractivity contribution in [2.24, 2.45) is 5.41 Å². The van der Waals surface area contributed by atoms with Gasteiger partial charge in [-0.1, -0.05) is 20.8 Å². The summed E-state index contributed by atoms with van der Waals surface area (Å²) in [5.74, 6) is 2.45. The number of carbonyl (C=O) groups is 1. The van der Waals surface area contributed by atoms with E-state index in [1.54, 1.807) is 6.92 Å². The quantitative estimate of drug-likeness (QED) is 0.826. The molecule has 5 heteroatoms. The summed E-state index contributed by atoms with van der Waals surface area (Å²) in [7, 11) is 0. The highest BCUT2D eigenvalue weighted by atomic mass is 16.1. The van der Waals surface area contributed by atoms with E-state index in [0.717, 1.165) is 18.2 Å². The van der Waals surface area contributed by atoms with Crippen LogP contribution in [0.15, 0.2) is 6.07 Å². The van der Waals surface area contributed by atoms with Gasteiger partial charge in [0.25, 0.3) is 0 Å². The number of Topliss-reactive ketones (excluding diaryl/α,β-unsaturated/α-hetero) is 1. The summed E-state index contributed by atoms with van der Waals surface area (Å²) >= 11 is 0. The van der Waals surface area contributed by atoms with Gasteiger partial charge in [-0.25, -0.2) is 9.97 Å². The molecule has 0 aliphatic rings. The number of rotatable bonds is 6. The molecular formula is C14H24N4O. The highest BCUT2D eigenvalue weighted by Gasteiger charge is 2.10. The van der Waals surface area contributed by atoms with Crippen LogP contribution in [0.25, 0.3) is 0 Å². The number of hydrogen-bond donors (Lipinski definition) is 2. The maximum absolute atomic E-state index is 10.9. The summed E-state index contributed by atoms with van der Waals surface area (Å²) in [5, 5.41) is 6.45. The minimum Gasteiger partial charge on any atom is -0.369 e. The van der Waals surface area contributed by atoms with Crippen molar-refractivity contribution in [1.29, 1.82) is 0 Å². The Hall–Kier alpha value is -1.65. The number of nitrogens with zero attached hydrogens (tertiary/aromatic N) is 2. The molecule has 0 aromatic carbocycles. The van der Waals surface area contributed by atoms with Crippen LogP contribution in [-0.4, -0.2) is 28.8 Å². The van der Waals surface area contributed by atoms with Crippen molar-refractivity contribution < 1.29 is 4.79 Å². The molecule has 0 unspecified atom stereocenters. The number of aromatic nitrogens is 2. The second-order valence-electron chi connectivity index (χ2n) is 5.98. The summed E-state index contributed by atoms with van der Waals surface area (Å²) in [6, 6.07) is 1.87. The highest BCUT2D eigenvalue weighted by Crippen LogP contribution is 2.16. The molecule has 0 amide bonds. The third-order valence-corrected chi connectivity index (χ3v) is 2.42. The first kappa shape index (κ1) is 15.4. The van der Waals surface area contributed by atoms with E-state index in [-0.39, 0.29) is 11.2 Å². The third-order valence-electron chi connectivity index (χ3n) is 2.42. The Bertz CT molecular complexity index is 438. The van der Waals surface area contributed by atoms with Gasteiger partial charge < -0.3 is 10.6 Å². The Labute approximate surface area is 115 Å². The highest BCUT2D eigenvalue weighted by molar-refractivity contribution is 5.75. The largest absolute Gasteiger partial charge is 0.369 e. The van der Waals surface area contributed by atoms with Crippen LogP contribution < -0.4 is 10.6 Å². The van der Waals surface area contributed by atoms with Gasteiger partial charge >= 0.3 is 0 Å². The number of nitrogens with one attached hydrogen (secondary N) is 2. The van der Waals surface area contributed by atoms with Gasteiger partial charge in [-0.05, 0) is 19.3 Å². The van der Waals surface area contributed by atoms with Gasteiger partial charge in [-0.2, -0.15) is 0 Å². The molecule has 0 saturated carbocycles. The second kappa shape index (κ2) is 6.50. The molecule has 0 bridgehead atoms. The SMILES string of the molecule is CC(=O)CCNc1cc(NCC(C)(C)C)nc(C)n1.